The summed E-state index contributed by atoms with van der Waals surface area (Å²) in [5, 5.41) is 14.8. The van der Waals surface area contributed by atoms with Crippen LogP contribution < -0.4 is 10.6 Å². The van der Waals surface area contributed by atoms with E-state index in [0.29, 0.717) is 0 Å². The molecule has 0 aromatic rings. The van der Waals surface area contributed by atoms with Crippen LogP contribution in [0.25, 0.3) is 0 Å². The van der Waals surface area contributed by atoms with Crippen molar-refractivity contribution in [3.63, 3.8) is 0 Å². The second-order valence-electron chi connectivity index (χ2n) is 4.17. The molecule has 3 unspecified atom stereocenters. The van der Waals surface area contributed by atoms with Crippen molar-refractivity contribution in [2.75, 3.05) is 6.61 Å². The molecule has 1 amide bonds. The summed E-state index contributed by atoms with van der Waals surface area (Å²) in [6.07, 6.45) is 2.06. The summed E-state index contributed by atoms with van der Waals surface area (Å²) >= 11 is 0. The normalized spacial score (nSPS) is 16.9. The van der Waals surface area contributed by atoms with Crippen molar-refractivity contribution in [1.29, 1.82) is 0 Å². The van der Waals surface area contributed by atoms with Gasteiger partial charge in [-0.3, -0.25) is 4.79 Å². The average molecular weight is 216 g/mol. The molecule has 0 radical (unpaired) electrons. The van der Waals surface area contributed by atoms with Gasteiger partial charge in [-0.2, -0.15) is 0 Å². The lowest BCUT2D eigenvalue weighted by molar-refractivity contribution is -0.123. The number of aliphatic hydroxyl groups excluding tert-OH is 1. The molecule has 0 fully saturated rings. The number of aliphatic hydroxyl groups is 1. The summed E-state index contributed by atoms with van der Waals surface area (Å²) in [4.78, 5) is 11.6. The number of rotatable bonds is 7. The summed E-state index contributed by atoms with van der Waals surface area (Å²) in [5.74, 6) is -0.00347. The Morgan fingerprint density at radius 1 is 1.27 bits per heavy atom. The fourth-order valence-corrected chi connectivity index (χ4v) is 1.43. The zero-order valence-electron chi connectivity index (χ0n) is 10.2. The maximum absolute atomic E-state index is 11.6. The predicted molar refractivity (Wildman–Crippen MR) is 61.7 cm³/mol. The minimum atomic E-state index is -0.258. The molecule has 0 bridgehead atoms. The Balaban J connectivity index is 3.88. The van der Waals surface area contributed by atoms with E-state index in [4.69, 9.17) is 5.11 Å². The zero-order chi connectivity index (χ0) is 11.8. The molecule has 90 valence electrons. The third-order valence-corrected chi connectivity index (χ3v) is 2.31. The highest BCUT2D eigenvalue weighted by Gasteiger charge is 2.16. The predicted octanol–water partition coefficient (Wildman–Crippen LogP) is 0.650. The Bertz CT molecular complexity index is 185. The molecule has 0 rings (SSSR count). The fourth-order valence-electron chi connectivity index (χ4n) is 1.43. The van der Waals surface area contributed by atoms with E-state index in [-0.39, 0.29) is 30.6 Å². The quantitative estimate of drug-likeness (QED) is 0.585. The molecule has 0 aromatic carbocycles. The number of carbonyl (C=O) groups excluding carboxylic acids is 1. The first-order valence-electron chi connectivity index (χ1n) is 5.68. The van der Waals surface area contributed by atoms with Gasteiger partial charge in [0, 0.05) is 12.1 Å². The van der Waals surface area contributed by atoms with Crippen LogP contribution in [0.1, 0.15) is 40.5 Å². The van der Waals surface area contributed by atoms with Gasteiger partial charge in [-0.05, 0) is 27.2 Å². The van der Waals surface area contributed by atoms with Crippen molar-refractivity contribution < 1.29 is 9.90 Å². The minimum Gasteiger partial charge on any atom is -0.395 e. The number of nitrogens with one attached hydrogen (secondary N) is 2. The Labute approximate surface area is 92.4 Å². The Morgan fingerprint density at radius 3 is 2.33 bits per heavy atom. The number of amides is 1. The molecular formula is C11H24N2O2. The summed E-state index contributed by atoms with van der Waals surface area (Å²) in [6, 6.07) is -0.0881. The molecule has 4 nitrogen and oxygen atoms in total. The van der Waals surface area contributed by atoms with Crippen molar-refractivity contribution >= 4 is 5.91 Å². The Kier molecular flexibility index (Phi) is 7.34. The lowest BCUT2D eigenvalue weighted by Gasteiger charge is -2.20. The van der Waals surface area contributed by atoms with Crippen LogP contribution in [0.15, 0.2) is 0 Å². The van der Waals surface area contributed by atoms with E-state index in [0.717, 1.165) is 12.8 Å². The van der Waals surface area contributed by atoms with E-state index in [1.165, 1.54) is 0 Å². The van der Waals surface area contributed by atoms with Crippen molar-refractivity contribution in [2.24, 2.45) is 0 Å². The number of hydrogen-bond acceptors (Lipinski definition) is 3. The number of carbonyl (C=O) groups is 1. The lowest BCUT2D eigenvalue weighted by Crippen LogP contribution is -2.48. The van der Waals surface area contributed by atoms with Gasteiger partial charge in [0.1, 0.15) is 0 Å². The highest BCUT2D eigenvalue weighted by Crippen LogP contribution is 1.96. The monoisotopic (exact) mass is 216 g/mol. The molecule has 0 aliphatic rings. The van der Waals surface area contributed by atoms with Gasteiger partial charge < -0.3 is 15.7 Å². The second kappa shape index (κ2) is 7.65. The van der Waals surface area contributed by atoms with E-state index in [1.807, 2.05) is 13.8 Å². The highest BCUT2D eigenvalue weighted by atomic mass is 16.3. The largest absolute Gasteiger partial charge is 0.395 e. The molecule has 3 atom stereocenters. The van der Waals surface area contributed by atoms with Crippen LogP contribution in [0.5, 0.6) is 0 Å². The van der Waals surface area contributed by atoms with Crippen molar-refractivity contribution in [2.45, 2.75) is 58.7 Å². The molecule has 0 aromatic heterocycles. The third-order valence-electron chi connectivity index (χ3n) is 2.31. The molecule has 0 saturated heterocycles. The van der Waals surface area contributed by atoms with Gasteiger partial charge in [-0.25, -0.2) is 0 Å². The number of hydrogen-bond donors (Lipinski definition) is 3. The highest BCUT2D eigenvalue weighted by molar-refractivity contribution is 5.81. The van der Waals surface area contributed by atoms with Crippen molar-refractivity contribution in [3.05, 3.63) is 0 Å². The first-order chi connectivity index (χ1) is 7.01. The van der Waals surface area contributed by atoms with Crippen LogP contribution in [0.4, 0.5) is 0 Å². The van der Waals surface area contributed by atoms with Gasteiger partial charge in [-0.15, -0.1) is 0 Å². The van der Waals surface area contributed by atoms with Crippen molar-refractivity contribution in [3.8, 4) is 0 Å². The Hall–Kier alpha value is -0.610. The van der Waals surface area contributed by atoms with Gasteiger partial charge in [0.15, 0.2) is 0 Å². The van der Waals surface area contributed by atoms with Gasteiger partial charge in [0.2, 0.25) is 5.91 Å². The van der Waals surface area contributed by atoms with E-state index in [1.54, 1.807) is 6.92 Å². The average Bonchev–Trinajstić information content (AvgIpc) is 2.17. The molecule has 0 spiro atoms. The second-order valence-corrected chi connectivity index (χ2v) is 4.17. The zero-order valence-corrected chi connectivity index (χ0v) is 10.2. The van der Waals surface area contributed by atoms with Crippen molar-refractivity contribution in [1.82, 2.24) is 10.6 Å². The van der Waals surface area contributed by atoms with Gasteiger partial charge in [0.05, 0.1) is 12.6 Å². The summed E-state index contributed by atoms with van der Waals surface area (Å²) < 4.78 is 0. The first kappa shape index (κ1) is 14.4. The van der Waals surface area contributed by atoms with Gasteiger partial charge in [0.25, 0.3) is 0 Å². The molecule has 3 N–H and O–H groups in total. The smallest absolute Gasteiger partial charge is 0.237 e. The third kappa shape index (κ3) is 6.47. The lowest BCUT2D eigenvalue weighted by atomic mass is 10.2. The Morgan fingerprint density at radius 2 is 1.87 bits per heavy atom. The SMILES string of the molecule is CCCC(C)NC(=O)C(C)NC(C)CO. The van der Waals surface area contributed by atoms with E-state index in [9.17, 15) is 4.79 Å². The minimum absolute atomic E-state index is 0.00347. The van der Waals surface area contributed by atoms with E-state index >= 15 is 0 Å². The maximum atomic E-state index is 11.6. The van der Waals surface area contributed by atoms with E-state index in [2.05, 4.69) is 17.6 Å². The van der Waals surface area contributed by atoms with Crippen LogP contribution in [0.3, 0.4) is 0 Å². The standard InChI is InChI=1S/C11H24N2O2/c1-5-6-8(2)13-11(15)10(4)12-9(3)7-14/h8-10,12,14H,5-7H2,1-4H3,(H,13,15). The summed E-state index contributed by atoms with van der Waals surface area (Å²) in [6.45, 7) is 7.79. The molecule has 0 aliphatic heterocycles. The van der Waals surface area contributed by atoms with Gasteiger partial charge in [-0.1, -0.05) is 13.3 Å². The van der Waals surface area contributed by atoms with Crippen LogP contribution in [-0.2, 0) is 4.79 Å². The molecule has 0 saturated carbocycles. The van der Waals surface area contributed by atoms with E-state index < -0.39 is 0 Å². The molecule has 0 aliphatic carbocycles. The van der Waals surface area contributed by atoms with Gasteiger partial charge >= 0.3 is 0 Å². The summed E-state index contributed by atoms with van der Waals surface area (Å²) in [5.41, 5.74) is 0. The first-order valence-corrected chi connectivity index (χ1v) is 5.68. The van der Waals surface area contributed by atoms with Crippen LogP contribution in [0.2, 0.25) is 0 Å². The van der Waals surface area contributed by atoms with Crippen LogP contribution in [0, 0.1) is 0 Å². The maximum Gasteiger partial charge on any atom is 0.237 e. The summed E-state index contributed by atoms with van der Waals surface area (Å²) in [7, 11) is 0. The van der Waals surface area contributed by atoms with Crippen LogP contribution >= 0.6 is 0 Å². The topological polar surface area (TPSA) is 61.4 Å². The van der Waals surface area contributed by atoms with Crippen LogP contribution in [-0.4, -0.2) is 35.7 Å². The fraction of sp³-hybridized carbons (Fsp3) is 0.909. The molecule has 15 heavy (non-hydrogen) atoms. The molecule has 0 heterocycles. The molecular weight excluding hydrogens is 192 g/mol. The molecule has 4 heteroatoms.